The third kappa shape index (κ3) is 2.49. The molecule has 1 heterocycles. The van der Waals surface area contributed by atoms with Crippen molar-refractivity contribution in [3.8, 4) is 0 Å². The van der Waals surface area contributed by atoms with Crippen LogP contribution in [-0.4, -0.2) is 22.8 Å². The average molecular weight is 330 g/mol. The van der Waals surface area contributed by atoms with E-state index in [0.717, 1.165) is 11.1 Å². The smallest absolute Gasteiger partial charge is 0.324 e. The summed E-state index contributed by atoms with van der Waals surface area (Å²) in [6, 6.07) is 9.48. The summed E-state index contributed by atoms with van der Waals surface area (Å²) in [6.45, 7) is 3.69. The summed E-state index contributed by atoms with van der Waals surface area (Å²) in [4.78, 5) is 41.6. The number of carbonyl (C=O) groups is 3. The standard InChI is InChI=1S/C17H12ClNO4/c1-9-7-13(14(18)8-10(9)2)17(22)23-19-15(20)11-5-3-4-6-12(11)16(19)21/h3-8H,1-2H3. The Morgan fingerprint density at radius 2 is 1.52 bits per heavy atom. The second-order valence-electron chi connectivity index (χ2n) is 5.25. The van der Waals surface area contributed by atoms with E-state index in [1.807, 2.05) is 13.8 Å². The molecule has 2 amide bonds. The summed E-state index contributed by atoms with van der Waals surface area (Å²) in [5.41, 5.74) is 2.29. The minimum absolute atomic E-state index is 0.103. The molecule has 0 N–H and O–H groups in total. The Morgan fingerprint density at radius 1 is 1.00 bits per heavy atom. The fraction of sp³-hybridized carbons (Fsp3) is 0.118. The summed E-state index contributed by atoms with van der Waals surface area (Å²) in [5, 5.41) is 0.674. The Balaban J connectivity index is 1.89. The van der Waals surface area contributed by atoms with E-state index < -0.39 is 17.8 Å². The molecule has 0 radical (unpaired) electrons. The SMILES string of the molecule is Cc1cc(Cl)c(C(=O)ON2C(=O)c3ccccc3C2=O)cc1C. The molecule has 0 fully saturated rings. The molecule has 0 saturated carbocycles. The molecule has 3 rings (SSSR count). The topological polar surface area (TPSA) is 63.7 Å². The number of fused-ring (bicyclic) bond motifs is 1. The van der Waals surface area contributed by atoms with Crippen LogP contribution in [0.15, 0.2) is 36.4 Å². The van der Waals surface area contributed by atoms with Gasteiger partial charge < -0.3 is 4.84 Å². The minimum Gasteiger partial charge on any atom is -0.324 e. The fourth-order valence-corrected chi connectivity index (χ4v) is 2.61. The zero-order chi connectivity index (χ0) is 16.7. The highest BCUT2D eigenvalue weighted by atomic mass is 35.5. The number of rotatable bonds is 2. The first-order valence-corrected chi connectivity index (χ1v) is 7.25. The van der Waals surface area contributed by atoms with Crippen LogP contribution in [0, 0.1) is 13.8 Å². The van der Waals surface area contributed by atoms with Crippen LogP contribution in [-0.2, 0) is 4.84 Å². The lowest BCUT2D eigenvalue weighted by Crippen LogP contribution is -2.32. The molecule has 0 aliphatic carbocycles. The first-order valence-electron chi connectivity index (χ1n) is 6.87. The van der Waals surface area contributed by atoms with Crippen LogP contribution in [0.4, 0.5) is 0 Å². The molecule has 0 saturated heterocycles. The van der Waals surface area contributed by atoms with E-state index in [-0.39, 0.29) is 21.7 Å². The molecule has 0 atom stereocenters. The normalized spacial score (nSPS) is 13.3. The second-order valence-corrected chi connectivity index (χ2v) is 5.65. The first kappa shape index (κ1) is 15.2. The maximum absolute atomic E-state index is 12.3. The van der Waals surface area contributed by atoms with Gasteiger partial charge in [-0.05, 0) is 49.2 Å². The lowest BCUT2D eigenvalue weighted by atomic mass is 10.1. The maximum Gasteiger partial charge on any atom is 0.365 e. The Kier molecular flexibility index (Phi) is 3.66. The van der Waals surface area contributed by atoms with Gasteiger partial charge in [0.1, 0.15) is 0 Å². The van der Waals surface area contributed by atoms with Crippen molar-refractivity contribution in [1.82, 2.24) is 5.06 Å². The van der Waals surface area contributed by atoms with E-state index in [1.54, 1.807) is 24.3 Å². The van der Waals surface area contributed by atoms with Crippen LogP contribution in [0.3, 0.4) is 0 Å². The van der Waals surface area contributed by atoms with Crippen molar-refractivity contribution in [2.24, 2.45) is 0 Å². The molecule has 0 unspecified atom stereocenters. The van der Waals surface area contributed by atoms with Crippen molar-refractivity contribution in [3.63, 3.8) is 0 Å². The highest BCUT2D eigenvalue weighted by Crippen LogP contribution is 2.26. The molecule has 2 aromatic carbocycles. The Hall–Kier alpha value is -2.66. The van der Waals surface area contributed by atoms with Gasteiger partial charge in [0.25, 0.3) is 11.8 Å². The summed E-state index contributed by atoms with van der Waals surface area (Å²) in [6.07, 6.45) is 0. The number of amides is 2. The largest absolute Gasteiger partial charge is 0.365 e. The highest BCUT2D eigenvalue weighted by Gasteiger charge is 2.39. The Labute approximate surface area is 137 Å². The van der Waals surface area contributed by atoms with Crippen molar-refractivity contribution >= 4 is 29.4 Å². The number of imide groups is 1. The zero-order valence-corrected chi connectivity index (χ0v) is 13.2. The van der Waals surface area contributed by atoms with Crippen molar-refractivity contribution < 1.29 is 19.2 Å². The van der Waals surface area contributed by atoms with Gasteiger partial charge in [0.05, 0.1) is 21.7 Å². The Bertz CT molecular complexity index is 825. The van der Waals surface area contributed by atoms with E-state index in [4.69, 9.17) is 16.4 Å². The van der Waals surface area contributed by atoms with E-state index in [9.17, 15) is 14.4 Å². The summed E-state index contributed by atoms with van der Waals surface area (Å²) in [5.74, 6) is -2.19. The van der Waals surface area contributed by atoms with E-state index in [1.165, 1.54) is 12.1 Å². The molecule has 5 nitrogen and oxygen atoms in total. The van der Waals surface area contributed by atoms with Crippen LogP contribution >= 0.6 is 11.6 Å². The van der Waals surface area contributed by atoms with Crippen LogP contribution in [0.5, 0.6) is 0 Å². The summed E-state index contributed by atoms with van der Waals surface area (Å²) in [7, 11) is 0. The average Bonchev–Trinajstić information content (AvgIpc) is 2.76. The quantitative estimate of drug-likeness (QED) is 0.793. The molecular weight excluding hydrogens is 318 g/mol. The highest BCUT2D eigenvalue weighted by molar-refractivity contribution is 6.33. The van der Waals surface area contributed by atoms with Crippen LogP contribution in [0.25, 0.3) is 0 Å². The number of aryl methyl sites for hydroxylation is 2. The first-order chi connectivity index (χ1) is 10.9. The van der Waals surface area contributed by atoms with Gasteiger partial charge in [-0.2, -0.15) is 0 Å². The summed E-state index contributed by atoms with van der Waals surface area (Å²) >= 11 is 6.05. The second kappa shape index (κ2) is 5.52. The number of carbonyl (C=O) groups excluding carboxylic acids is 3. The monoisotopic (exact) mass is 329 g/mol. The predicted octanol–water partition coefficient (Wildman–Crippen LogP) is 3.32. The third-order valence-electron chi connectivity index (χ3n) is 3.73. The van der Waals surface area contributed by atoms with Crippen LogP contribution < -0.4 is 0 Å². The molecule has 116 valence electrons. The van der Waals surface area contributed by atoms with E-state index >= 15 is 0 Å². The molecule has 1 aliphatic heterocycles. The predicted molar refractivity (Wildman–Crippen MR) is 83.3 cm³/mol. The maximum atomic E-state index is 12.3. The molecular formula is C17H12ClNO4. The van der Waals surface area contributed by atoms with Crippen molar-refractivity contribution in [1.29, 1.82) is 0 Å². The van der Waals surface area contributed by atoms with Crippen molar-refractivity contribution in [2.45, 2.75) is 13.8 Å². The van der Waals surface area contributed by atoms with Gasteiger partial charge in [0, 0.05) is 0 Å². The van der Waals surface area contributed by atoms with Gasteiger partial charge in [-0.3, -0.25) is 9.59 Å². The number of hydrogen-bond acceptors (Lipinski definition) is 4. The number of halogens is 1. The Morgan fingerprint density at radius 3 is 2.09 bits per heavy atom. The van der Waals surface area contributed by atoms with Gasteiger partial charge in [0.2, 0.25) is 0 Å². The number of hydrogen-bond donors (Lipinski definition) is 0. The minimum atomic E-state index is -0.854. The third-order valence-corrected chi connectivity index (χ3v) is 4.05. The lowest BCUT2D eigenvalue weighted by molar-refractivity contribution is -0.0584. The van der Waals surface area contributed by atoms with Crippen molar-refractivity contribution in [3.05, 3.63) is 69.2 Å². The van der Waals surface area contributed by atoms with Gasteiger partial charge >= 0.3 is 5.97 Å². The lowest BCUT2D eigenvalue weighted by Gasteiger charge is -2.14. The number of benzene rings is 2. The molecule has 1 aliphatic rings. The van der Waals surface area contributed by atoms with E-state index in [0.29, 0.717) is 5.06 Å². The molecule has 0 bridgehead atoms. The zero-order valence-electron chi connectivity index (χ0n) is 12.4. The number of hydroxylamine groups is 2. The molecule has 0 spiro atoms. The van der Waals surface area contributed by atoms with Gasteiger partial charge in [0.15, 0.2) is 0 Å². The van der Waals surface area contributed by atoms with Crippen LogP contribution in [0.2, 0.25) is 5.02 Å². The summed E-state index contributed by atoms with van der Waals surface area (Å²) < 4.78 is 0. The molecule has 2 aromatic rings. The molecule has 23 heavy (non-hydrogen) atoms. The number of nitrogens with zero attached hydrogens (tertiary/aromatic N) is 1. The van der Waals surface area contributed by atoms with Gasteiger partial charge in [-0.25, -0.2) is 4.79 Å². The fourth-order valence-electron chi connectivity index (χ4n) is 2.32. The van der Waals surface area contributed by atoms with Crippen LogP contribution in [0.1, 0.15) is 42.2 Å². The van der Waals surface area contributed by atoms with Gasteiger partial charge in [-0.1, -0.05) is 28.8 Å². The molecule has 6 heteroatoms. The van der Waals surface area contributed by atoms with Crippen molar-refractivity contribution in [2.75, 3.05) is 0 Å². The van der Waals surface area contributed by atoms with Gasteiger partial charge in [-0.15, -0.1) is 0 Å². The van der Waals surface area contributed by atoms with E-state index in [2.05, 4.69) is 0 Å². The molecule has 0 aromatic heterocycles.